The monoisotopic (exact) mass is 322 g/mol. The van der Waals surface area contributed by atoms with Crippen molar-refractivity contribution in [2.24, 2.45) is 0 Å². The Balaban J connectivity index is 2.70. The molecule has 1 aliphatic heterocycles. The smallest absolute Gasteiger partial charge is 0.330 e. The van der Waals surface area contributed by atoms with Crippen LogP contribution < -0.4 is 0 Å². The maximum atomic E-state index is 11.0. The van der Waals surface area contributed by atoms with Crippen molar-refractivity contribution in [3.8, 4) is 6.07 Å². The number of ether oxygens (including phenoxy) is 1. The highest BCUT2D eigenvalue weighted by Gasteiger charge is 2.45. The maximum absolute atomic E-state index is 11.0. The van der Waals surface area contributed by atoms with E-state index < -0.39 is 11.6 Å². The number of nitrogens with zero attached hydrogens (tertiary/aromatic N) is 2. The first-order valence-electron chi connectivity index (χ1n) is 8.26. The predicted octanol–water partition coefficient (Wildman–Crippen LogP) is 3.75. The summed E-state index contributed by atoms with van der Waals surface area (Å²) in [6, 6.07) is 2.28. The molecule has 0 amide bonds. The minimum Gasteiger partial charge on any atom is -0.463 e. The van der Waals surface area contributed by atoms with Crippen LogP contribution in [0.4, 0.5) is 0 Å². The van der Waals surface area contributed by atoms with Crippen LogP contribution in [0.2, 0.25) is 0 Å². The first-order chi connectivity index (χ1) is 10.6. The van der Waals surface area contributed by atoms with Gasteiger partial charge in [0.15, 0.2) is 5.60 Å². The van der Waals surface area contributed by atoms with Gasteiger partial charge in [-0.05, 0) is 66.7 Å². The molecule has 0 aromatic carbocycles. The first-order valence-corrected chi connectivity index (χ1v) is 8.26. The molecule has 0 saturated carbocycles. The molecule has 0 N–H and O–H groups in total. The summed E-state index contributed by atoms with van der Waals surface area (Å²) < 4.78 is 4.97. The standard InChI is InChI=1S/C18H30N2O3/c1-7-15(21)22-13-9-12-18(6,14-19)23-20-16(2,3)10-8-11-17(20,4)5/h7H,1,8-13H2,2-6H3. The van der Waals surface area contributed by atoms with Crippen molar-refractivity contribution < 1.29 is 14.4 Å². The number of carbonyl (C=O) groups is 1. The van der Waals surface area contributed by atoms with Crippen molar-refractivity contribution in [3.05, 3.63) is 12.7 Å². The average molecular weight is 322 g/mol. The topological polar surface area (TPSA) is 62.6 Å². The van der Waals surface area contributed by atoms with Gasteiger partial charge in [-0.15, -0.1) is 0 Å². The van der Waals surface area contributed by atoms with Crippen LogP contribution in [-0.2, 0) is 14.4 Å². The van der Waals surface area contributed by atoms with E-state index in [9.17, 15) is 10.1 Å². The zero-order chi connectivity index (χ0) is 17.7. The molecule has 5 nitrogen and oxygen atoms in total. The van der Waals surface area contributed by atoms with Crippen molar-refractivity contribution in [3.63, 3.8) is 0 Å². The Hall–Kier alpha value is -1.38. The molecule has 23 heavy (non-hydrogen) atoms. The largest absolute Gasteiger partial charge is 0.463 e. The fourth-order valence-electron chi connectivity index (χ4n) is 3.19. The fourth-order valence-corrected chi connectivity index (χ4v) is 3.19. The lowest BCUT2D eigenvalue weighted by molar-refractivity contribution is -0.320. The molecule has 1 heterocycles. The molecule has 0 spiro atoms. The summed E-state index contributed by atoms with van der Waals surface area (Å²) in [5, 5.41) is 11.6. The van der Waals surface area contributed by atoms with Crippen LogP contribution in [0.1, 0.15) is 66.7 Å². The number of hydrogen-bond donors (Lipinski definition) is 0. The molecule has 1 unspecified atom stereocenters. The Labute approximate surface area is 140 Å². The van der Waals surface area contributed by atoms with E-state index in [1.165, 1.54) is 0 Å². The minimum absolute atomic E-state index is 0.116. The molecule has 1 aliphatic rings. The van der Waals surface area contributed by atoms with Gasteiger partial charge >= 0.3 is 5.97 Å². The second kappa shape index (κ2) is 7.46. The van der Waals surface area contributed by atoms with E-state index in [1.807, 2.05) is 5.06 Å². The number of hydroxylamine groups is 2. The highest BCUT2D eigenvalue weighted by atomic mass is 16.7. The predicted molar refractivity (Wildman–Crippen MR) is 89.3 cm³/mol. The number of nitriles is 1. The number of carbonyl (C=O) groups excluding carboxylic acids is 1. The lowest BCUT2D eigenvalue weighted by Gasteiger charge is -2.53. The van der Waals surface area contributed by atoms with Gasteiger partial charge in [0, 0.05) is 17.2 Å². The third-order valence-corrected chi connectivity index (χ3v) is 4.42. The number of esters is 1. The quantitative estimate of drug-likeness (QED) is 0.406. The molecular formula is C18H30N2O3. The highest BCUT2D eigenvalue weighted by molar-refractivity contribution is 5.81. The van der Waals surface area contributed by atoms with E-state index >= 15 is 0 Å². The van der Waals surface area contributed by atoms with Gasteiger partial charge in [-0.25, -0.2) is 4.79 Å². The van der Waals surface area contributed by atoms with E-state index in [0.717, 1.165) is 25.3 Å². The first kappa shape index (κ1) is 19.7. The molecule has 0 aliphatic carbocycles. The molecule has 0 aromatic rings. The van der Waals surface area contributed by atoms with E-state index in [0.29, 0.717) is 12.8 Å². The molecule has 0 aromatic heterocycles. The summed E-state index contributed by atoms with van der Waals surface area (Å²) in [6.07, 6.45) is 5.43. The van der Waals surface area contributed by atoms with Crippen molar-refractivity contribution in [1.29, 1.82) is 5.26 Å². The lowest BCUT2D eigenvalue weighted by Crippen LogP contribution is -2.60. The summed E-state index contributed by atoms with van der Waals surface area (Å²) in [5.74, 6) is -0.442. The van der Waals surface area contributed by atoms with Crippen LogP contribution in [0.25, 0.3) is 0 Å². The van der Waals surface area contributed by atoms with Gasteiger partial charge < -0.3 is 4.74 Å². The van der Waals surface area contributed by atoms with Crippen molar-refractivity contribution in [2.75, 3.05) is 6.61 Å². The number of rotatable bonds is 7. The minimum atomic E-state index is -0.938. The van der Waals surface area contributed by atoms with Crippen molar-refractivity contribution in [2.45, 2.75) is 83.4 Å². The second-order valence-electron chi connectivity index (χ2n) is 7.68. The number of piperidine rings is 1. The lowest BCUT2D eigenvalue weighted by atomic mass is 9.82. The van der Waals surface area contributed by atoms with E-state index in [1.54, 1.807) is 6.92 Å². The summed E-state index contributed by atoms with van der Waals surface area (Å²) in [4.78, 5) is 17.3. The zero-order valence-electron chi connectivity index (χ0n) is 15.1. The van der Waals surface area contributed by atoms with Gasteiger partial charge in [-0.1, -0.05) is 6.58 Å². The molecule has 130 valence electrons. The summed E-state index contributed by atoms with van der Waals surface area (Å²) in [7, 11) is 0. The van der Waals surface area contributed by atoms with E-state index in [-0.39, 0.29) is 17.7 Å². The Morgan fingerprint density at radius 3 is 2.39 bits per heavy atom. The highest BCUT2D eigenvalue weighted by Crippen LogP contribution is 2.40. The van der Waals surface area contributed by atoms with Crippen LogP contribution in [0.5, 0.6) is 0 Å². The average Bonchev–Trinajstić information content (AvgIpc) is 2.47. The molecule has 0 bridgehead atoms. The van der Waals surface area contributed by atoms with Gasteiger partial charge in [-0.3, -0.25) is 4.84 Å². The normalized spacial score (nSPS) is 22.6. The molecular weight excluding hydrogens is 292 g/mol. The molecule has 0 radical (unpaired) electrons. The van der Waals surface area contributed by atoms with E-state index in [2.05, 4.69) is 40.3 Å². The zero-order valence-corrected chi connectivity index (χ0v) is 15.1. The summed E-state index contributed by atoms with van der Waals surface area (Å²) >= 11 is 0. The maximum Gasteiger partial charge on any atom is 0.330 e. The third-order valence-electron chi connectivity index (χ3n) is 4.42. The Kier molecular flexibility index (Phi) is 6.38. The van der Waals surface area contributed by atoms with Crippen molar-refractivity contribution in [1.82, 2.24) is 5.06 Å². The molecule has 1 rings (SSSR count). The third kappa shape index (κ3) is 5.33. The Morgan fingerprint density at radius 2 is 1.91 bits per heavy atom. The Bertz CT molecular complexity index is 463. The number of hydrogen-bond acceptors (Lipinski definition) is 5. The molecule has 1 atom stereocenters. The van der Waals surface area contributed by atoms with Gasteiger partial charge in [0.25, 0.3) is 0 Å². The molecule has 1 fully saturated rings. The van der Waals surface area contributed by atoms with Gasteiger partial charge in [0.1, 0.15) is 0 Å². The van der Waals surface area contributed by atoms with E-state index in [4.69, 9.17) is 9.57 Å². The van der Waals surface area contributed by atoms with Crippen LogP contribution in [0.15, 0.2) is 12.7 Å². The summed E-state index contributed by atoms with van der Waals surface area (Å²) in [5.41, 5.74) is -1.17. The van der Waals surface area contributed by atoms with Gasteiger partial charge in [0.2, 0.25) is 0 Å². The van der Waals surface area contributed by atoms with Crippen LogP contribution in [0.3, 0.4) is 0 Å². The fraction of sp³-hybridized carbons (Fsp3) is 0.778. The van der Waals surface area contributed by atoms with Crippen LogP contribution >= 0.6 is 0 Å². The molecule has 5 heteroatoms. The second-order valence-corrected chi connectivity index (χ2v) is 7.68. The Morgan fingerprint density at radius 1 is 1.35 bits per heavy atom. The van der Waals surface area contributed by atoms with Gasteiger partial charge in [-0.2, -0.15) is 10.3 Å². The molecule has 1 saturated heterocycles. The van der Waals surface area contributed by atoms with Crippen LogP contribution in [0, 0.1) is 11.3 Å². The van der Waals surface area contributed by atoms with Crippen LogP contribution in [-0.4, -0.2) is 34.3 Å². The van der Waals surface area contributed by atoms with Gasteiger partial charge in [0.05, 0.1) is 12.7 Å². The SMILES string of the molecule is C=CC(=O)OCCCC(C)(C#N)ON1C(C)(C)CCCC1(C)C. The van der Waals surface area contributed by atoms with Crippen molar-refractivity contribution >= 4 is 5.97 Å². The summed E-state index contributed by atoms with van der Waals surface area (Å²) in [6.45, 7) is 14.0.